The summed E-state index contributed by atoms with van der Waals surface area (Å²) < 4.78 is 10.5. The van der Waals surface area contributed by atoms with Crippen LogP contribution < -0.4 is 10.4 Å². The summed E-state index contributed by atoms with van der Waals surface area (Å²) in [4.78, 5) is 23.4. The second kappa shape index (κ2) is 5.49. The molecule has 1 heterocycles. The van der Waals surface area contributed by atoms with E-state index in [4.69, 9.17) is 9.15 Å². The van der Waals surface area contributed by atoms with Crippen molar-refractivity contribution in [2.24, 2.45) is 5.92 Å². The number of benzene rings is 1. The molecule has 0 saturated carbocycles. The van der Waals surface area contributed by atoms with Crippen molar-refractivity contribution >= 4 is 16.9 Å². The smallest absolute Gasteiger partial charge is 0.339 e. The monoisotopic (exact) mass is 274 g/mol. The highest BCUT2D eigenvalue weighted by molar-refractivity contribution is 5.83. The minimum absolute atomic E-state index is 0.207. The zero-order valence-corrected chi connectivity index (χ0v) is 12.1. The maximum Gasteiger partial charge on any atom is 0.339 e. The van der Waals surface area contributed by atoms with Crippen molar-refractivity contribution in [3.8, 4) is 5.75 Å². The molecule has 0 saturated heterocycles. The predicted octanol–water partition coefficient (Wildman–Crippen LogP) is 3.23. The average molecular weight is 274 g/mol. The molecule has 0 amide bonds. The van der Waals surface area contributed by atoms with E-state index < -0.39 is 0 Å². The van der Waals surface area contributed by atoms with Gasteiger partial charge in [-0.05, 0) is 31.0 Å². The first-order valence-electron chi connectivity index (χ1n) is 6.72. The topological polar surface area (TPSA) is 56.5 Å². The van der Waals surface area contributed by atoms with Crippen LogP contribution in [0.1, 0.15) is 31.9 Å². The number of rotatable bonds is 3. The number of hydrogen-bond acceptors (Lipinski definition) is 4. The predicted molar refractivity (Wildman–Crippen MR) is 77.1 cm³/mol. The van der Waals surface area contributed by atoms with E-state index in [1.54, 1.807) is 26.0 Å². The van der Waals surface area contributed by atoms with E-state index in [0.717, 1.165) is 10.9 Å². The molecule has 2 rings (SSSR count). The fourth-order valence-electron chi connectivity index (χ4n) is 2.08. The Morgan fingerprint density at radius 3 is 2.65 bits per heavy atom. The lowest BCUT2D eigenvalue weighted by Gasteiger charge is -2.09. The summed E-state index contributed by atoms with van der Waals surface area (Å²) in [5.41, 5.74) is 1.72. The fraction of sp³-hybridized carbons (Fsp3) is 0.375. The number of carbonyl (C=O) groups excluding carboxylic acids is 1. The van der Waals surface area contributed by atoms with Crippen LogP contribution in [0.15, 0.2) is 27.4 Å². The summed E-state index contributed by atoms with van der Waals surface area (Å²) in [5.74, 6) is -0.126. The molecule has 0 N–H and O–H groups in total. The van der Waals surface area contributed by atoms with Gasteiger partial charge in [0, 0.05) is 17.0 Å². The number of fused-ring (bicyclic) bond motifs is 1. The van der Waals surface area contributed by atoms with Gasteiger partial charge in [0.25, 0.3) is 0 Å². The number of aryl methyl sites for hydroxylation is 1. The highest BCUT2D eigenvalue weighted by atomic mass is 16.5. The van der Waals surface area contributed by atoms with Gasteiger partial charge in [-0.3, -0.25) is 4.79 Å². The summed E-state index contributed by atoms with van der Waals surface area (Å²) in [6, 6.07) is 5.12. The van der Waals surface area contributed by atoms with Crippen molar-refractivity contribution < 1.29 is 13.9 Å². The molecule has 0 aliphatic rings. The van der Waals surface area contributed by atoms with Crippen LogP contribution >= 0.6 is 0 Å². The van der Waals surface area contributed by atoms with Crippen LogP contribution in [0.4, 0.5) is 0 Å². The van der Waals surface area contributed by atoms with Gasteiger partial charge in [-0.1, -0.05) is 20.8 Å². The zero-order valence-electron chi connectivity index (χ0n) is 12.1. The normalized spacial score (nSPS) is 11.1. The Kier molecular flexibility index (Phi) is 3.93. The molecule has 0 aliphatic heterocycles. The molecule has 2 aromatic rings. The van der Waals surface area contributed by atoms with Crippen LogP contribution in [0.25, 0.3) is 11.0 Å². The van der Waals surface area contributed by atoms with Gasteiger partial charge in [0.05, 0.1) is 5.92 Å². The molecular weight excluding hydrogens is 256 g/mol. The van der Waals surface area contributed by atoms with Crippen LogP contribution in [0.5, 0.6) is 5.75 Å². The molecule has 0 spiro atoms. The lowest BCUT2D eigenvalue weighted by molar-refractivity contribution is -0.137. The molecule has 4 heteroatoms. The van der Waals surface area contributed by atoms with Crippen LogP contribution in [0, 0.1) is 12.8 Å². The van der Waals surface area contributed by atoms with Gasteiger partial charge in [0.15, 0.2) is 0 Å². The maximum atomic E-state index is 11.9. The minimum atomic E-state index is -0.329. The van der Waals surface area contributed by atoms with Gasteiger partial charge < -0.3 is 9.15 Å². The Balaban J connectivity index is 2.50. The van der Waals surface area contributed by atoms with Gasteiger partial charge in [0.1, 0.15) is 11.3 Å². The highest BCUT2D eigenvalue weighted by Gasteiger charge is 2.13. The third kappa shape index (κ3) is 2.59. The van der Waals surface area contributed by atoms with Crippen molar-refractivity contribution in [1.82, 2.24) is 0 Å². The van der Waals surface area contributed by atoms with Gasteiger partial charge in [-0.25, -0.2) is 4.79 Å². The summed E-state index contributed by atoms with van der Waals surface area (Å²) >= 11 is 0. The van der Waals surface area contributed by atoms with E-state index in [1.807, 2.05) is 19.9 Å². The van der Waals surface area contributed by atoms with E-state index in [0.29, 0.717) is 23.3 Å². The molecular formula is C16H18O4. The largest absolute Gasteiger partial charge is 0.426 e. The molecule has 0 aliphatic carbocycles. The van der Waals surface area contributed by atoms with E-state index in [2.05, 4.69) is 0 Å². The summed E-state index contributed by atoms with van der Waals surface area (Å²) in [6.07, 6.45) is 0.633. The standard InChI is InChI=1S/C16H18O4/c1-5-12-10(4)13-7-6-11(19-15(17)9(2)3)8-14(13)20-16(12)18/h6-9H,5H2,1-4H3. The first-order chi connectivity index (χ1) is 9.43. The molecule has 1 aromatic carbocycles. The Morgan fingerprint density at radius 1 is 1.35 bits per heavy atom. The van der Waals surface area contributed by atoms with Crippen molar-refractivity contribution in [3.63, 3.8) is 0 Å². The van der Waals surface area contributed by atoms with Crippen LogP contribution in [-0.2, 0) is 11.2 Å². The summed E-state index contributed by atoms with van der Waals surface area (Å²) in [7, 11) is 0. The molecule has 0 radical (unpaired) electrons. The lowest BCUT2D eigenvalue weighted by atomic mass is 10.0. The van der Waals surface area contributed by atoms with Crippen molar-refractivity contribution in [1.29, 1.82) is 0 Å². The van der Waals surface area contributed by atoms with Crippen LogP contribution in [0.2, 0.25) is 0 Å². The Morgan fingerprint density at radius 2 is 2.05 bits per heavy atom. The second-order valence-electron chi connectivity index (χ2n) is 5.08. The lowest BCUT2D eigenvalue weighted by Crippen LogP contribution is -2.15. The maximum absolute atomic E-state index is 11.9. The first kappa shape index (κ1) is 14.3. The Labute approximate surface area is 117 Å². The van der Waals surface area contributed by atoms with Gasteiger partial charge in [0.2, 0.25) is 0 Å². The molecule has 20 heavy (non-hydrogen) atoms. The third-order valence-electron chi connectivity index (χ3n) is 3.30. The van der Waals surface area contributed by atoms with E-state index in [-0.39, 0.29) is 17.5 Å². The van der Waals surface area contributed by atoms with Crippen molar-refractivity contribution in [3.05, 3.63) is 39.7 Å². The molecule has 0 atom stereocenters. The van der Waals surface area contributed by atoms with E-state index in [1.165, 1.54) is 0 Å². The quantitative estimate of drug-likeness (QED) is 0.490. The van der Waals surface area contributed by atoms with Gasteiger partial charge in [-0.15, -0.1) is 0 Å². The van der Waals surface area contributed by atoms with Crippen molar-refractivity contribution in [2.75, 3.05) is 0 Å². The van der Waals surface area contributed by atoms with Crippen LogP contribution in [-0.4, -0.2) is 5.97 Å². The Bertz CT molecular complexity index is 710. The molecule has 0 bridgehead atoms. The average Bonchev–Trinajstić information content (AvgIpc) is 2.38. The summed E-state index contributed by atoms with van der Waals surface area (Å²) in [5, 5.41) is 0.866. The molecule has 1 aromatic heterocycles. The molecule has 106 valence electrons. The Hall–Kier alpha value is -2.10. The van der Waals surface area contributed by atoms with Crippen LogP contribution in [0.3, 0.4) is 0 Å². The van der Waals surface area contributed by atoms with E-state index >= 15 is 0 Å². The fourth-order valence-corrected chi connectivity index (χ4v) is 2.08. The van der Waals surface area contributed by atoms with Gasteiger partial charge >= 0.3 is 11.6 Å². The minimum Gasteiger partial charge on any atom is -0.426 e. The summed E-state index contributed by atoms with van der Waals surface area (Å²) in [6.45, 7) is 7.35. The first-order valence-corrected chi connectivity index (χ1v) is 6.72. The molecule has 0 unspecified atom stereocenters. The third-order valence-corrected chi connectivity index (χ3v) is 3.30. The van der Waals surface area contributed by atoms with Gasteiger partial charge in [-0.2, -0.15) is 0 Å². The molecule has 0 fully saturated rings. The number of ether oxygens (including phenoxy) is 1. The zero-order chi connectivity index (χ0) is 14.9. The number of carbonyl (C=O) groups is 1. The molecule has 4 nitrogen and oxygen atoms in total. The second-order valence-corrected chi connectivity index (χ2v) is 5.08. The number of esters is 1. The SMILES string of the molecule is CCc1c(C)c2ccc(OC(=O)C(C)C)cc2oc1=O. The number of hydrogen-bond donors (Lipinski definition) is 0. The highest BCUT2D eigenvalue weighted by Crippen LogP contribution is 2.24. The van der Waals surface area contributed by atoms with Crippen molar-refractivity contribution in [2.45, 2.75) is 34.1 Å². The van der Waals surface area contributed by atoms with E-state index in [9.17, 15) is 9.59 Å².